The molecule has 1 aromatic rings. The summed E-state index contributed by atoms with van der Waals surface area (Å²) < 4.78 is 0. The van der Waals surface area contributed by atoms with Crippen molar-refractivity contribution in [3.63, 3.8) is 0 Å². The molecule has 0 atom stereocenters. The lowest BCUT2D eigenvalue weighted by Gasteiger charge is -2.17. The van der Waals surface area contributed by atoms with E-state index in [0.29, 0.717) is 12.5 Å². The highest BCUT2D eigenvalue weighted by Crippen LogP contribution is 2.30. The van der Waals surface area contributed by atoms with Gasteiger partial charge in [-0.3, -0.25) is 4.79 Å². The van der Waals surface area contributed by atoms with E-state index in [9.17, 15) is 4.79 Å². The molecule has 1 fully saturated rings. The third kappa shape index (κ3) is 2.13. The fraction of sp³-hybridized carbons (Fsp3) is 0.462. The van der Waals surface area contributed by atoms with E-state index < -0.39 is 0 Å². The van der Waals surface area contributed by atoms with Crippen LogP contribution in [0.15, 0.2) is 18.2 Å². The number of rotatable bonds is 4. The van der Waals surface area contributed by atoms with Crippen LogP contribution >= 0.6 is 0 Å². The van der Waals surface area contributed by atoms with Crippen LogP contribution in [0.25, 0.3) is 0 Å². The van der Waals surface area contributed by atoms with Crippen molar-refractivity contribution in [2.45, 2.75) is 25.3 Å². The van der Waals surface area contributed by atoms with Crippen LogP contribution in [0.2, 0.25) is 0 Å². The van der Waals surface area contributed by atoms with Crippen molar-refractivity contribution in [3.05, 3.63) is 23.8 Å². The molecule has 1 heterocycles. The average molecular weight is 231 g/mol. The summed E-state index contributed by atoms with van der Waals surface area (Å²) in [6.45, 7) is 1.63. The van der Waals surface area contributed by atoms with Crippen LogP contribution in [0.3, 0.4) is 0 Å². The number of anilines is 2. The summed E-state index contributed by atoms with van der Waals surface area (Å²) in [5.74, 6) is 0.184. The van der Waals surface area contributed by atoms with Gasteiger partial charge in [0.05, 0.1) is 6.42 Å². The number of benzene rings is 1. The van der Waals surface area contributed by atoms with Crippen molar-refractivity contribution in [2.24, 2.45) is 0 Å². The monoisotopic (exact) mass is 231 g/mol. The number of nitrogen functional groups attached to an aromatic ring is 1. The quantitative estimate of drug-likeness (QED) is 0.757. The minimum absolute atomic E-state index is 0.184. The molecular weight excluding hydrogens is 214 g/mol. The van der Waals surface area contributed by atoms with E-state index in [0.717, 1.165) is 30.0 Å². The molecule has 0 radical (unpaired) electrons. The molecule has 3 N–H and O–H groups in total. The largest absolute Gasteiger partial charge is 0.399 e. The van der Waals surface area contributed by atoms with Gasteiger partial charge < -0.3 is 16.0 Å². The summed E-state index contributed by atoms with van der Waals surface area (Å²) in [6, 6.07) is 6.41. The van der Waals surface area contributed by atoms with Gasteiger partial charge >= 0.3 is 0 Å². The molecule has 3 rings (SSSR count). The molecule has 0 saturated heterocycles. The fourth-order valence-corrected chi connectivity index (χ4v) is 2.32. The summed E-state index contributed by atoms with van der Waals surface area (Å²) >= 11 is 0. The summed E-state index contributed by atoms with van der Waals surface area (Å²) in [5.41, 5.74) is 8.55. The van der Waals surface area contributed by atoms with E-state index in [2.05, 4.69) is 5.32 Å². The number of hydrogen-bond donors (Lipinski definition) is 2. The lowest BCUT2D eigenvalue weighted by Crippen LogP contribution is -2.35. The lowest BCUT2D eigenvalue weighted by molar-refractivity contribution is -0.117. The first kappa shape index (κ1) is 10.6. The SMILES string of the molecule is Nc1ccc2c(c1)CC(=O)N2CCNC1CC1. The normalized spacial score (nSPS) is 18.6. The topological polar surface area (TPSA) is 58.4 Å². The summed E-state index contributed by atoms with van der Waals surface area (Å²) in [4.78, 5) is 13.8. The van der Waals surface area contributed by atoms with Crippen LogP contribution in [0.4, 0.5) is 11.4 Å². The van der Waals surface area contributed by atoms with Gasteiger partial charge in [0, 0.05) is 30.5 Å². The van der Waals surface area contributed by atoms with Gasteiger partial charge in [0.15, 0.2) is 0 Å². The summed E-state index contributed by atoms with van der Waals surface area (Å²) in [7, 11) is 0. The molecule has 0 aromatic heterocycles. The molecule has 1 saturated carbocycles. The van der Waals surface area contributed by atoms with Crippen LogP contribution in [0, 0.1) is 0 Å². The number of carbonyl (C=O) groups is 1. The van der Waals surface area contributed by atoms with E-state index >= 15 is 0 Å². The molecule has 90 valence electrons. The molecule has 4 nitrogen and oxygen atoms in total. The van der Waals surface area contributed by atoms with Gasteiger partial charge in [0.1, 0.15) is 0 Å². The van der Waals surface area contributed by atoms with Crippen molar-refractivity contribution < 1.29 is 4.79 Å². The maximum atomic E-state index is 11.9. The number of hydrogen-bond acceptors (Lipinski definition) is 3. The molecule has 4 heteroatoms. The molecule has 0 unspecified atom stereocenters. The number of nitrogens with one attached hydrogen (secondary N) is 1. The molecule has 1 aliphatic carbocycles. The van der Waals surface area contributed by atoms with Crippen LogP contribution in [0.1, 0.15) is 18.4 Å². The summed E-state index contributed by atoms with van der Waals surface area (Å²) in [6.07, 6.45) is 3.05. The Kier molecular flexibility index (Phi) is 2.52. The average Bonchev–Trinajstić information content (AvgIpc) is 3.04. The van der Waals surface area contributed by atoms with E-state index in [1.165, 1.54) is 12.8 Å². The first-order chi connectivity index (χ1) is 8.24. The second-order valence-corrected chi connectivity index (χ2v) is 4.84. The van der Waals surface area contributed by atoms with Gasteiger partial charge in [0.25, 0.3) is 0 Å². The van der Waals surface area contributed by atoms with E-state index in [1.54, 1.807) is 0 Å². The second kappa shape index (κ2) is 4.04. The Bertz CT molecular complexity index is 454. The van der Waals surface area contributed by atoms with Crippen molar-refractivity contribution in [3.8, 4) is 0 Å². The number of fused-ring (bicyclic) bond motifs is 1. The van der Waals surface area contributed by atoms with Crippen LogP contribution in [0.5, 0.6) is 0 Å². The minimum Gasteiger partial charge on any atom is -0.399 e. The first-order valence-corrected chi connectivity index (χ1v) is 6.16. The zero-order valence-electron chi connectivity index (χ0n) is 9.78. The molecule has 2 aliphatic rings. The second-order valence-electron chi connectivity index (χ2n) is 4.84. The van der Waals surface area contributed by atoms with Gasteiger partial charge in [-0.1, -0.05) is 0 Å². The van der Waals surface area contributed by atoms with Crippen LogP contribution in [-0.4, -0.2) is 25.0 Å². The summed E-state index contributed by atoms with van der Waals surface area (Å²) in [5, 5.41) is 3.43. The smallest absolute Gasteiger partial charge is 0.231 e. The Labute approximate surface area is 101 Å². The Hall–Kier alpha value is -1.55. The Balaban J connectivity index is 1.69. The number of carbonyl (C=O) groups excluding carboxylic acids is 1. The molecule has 0 spiro atoms. The van der Waals surface area contributed by atoms with Gasteiger partial charge in [-0.15, -0.1) is 0 Å². The predicted octanol–water partition coefficient (Wildman–Crippen LogP) is 0.910. The predicted molar refractivity (Wildman–Crippen MR) is 67.9 cm³/mol. The Morgan fingerprint density at radius 2 is 2.24 bits per heavy atom. The fourth-order valence-electron chi connectivity index (χ4n) is 2.32. The maximum absolute atomic E-state index is 11.9. The van der Waals surface area contributed by atoms with Gasteiger partial charge in [0.2, 0.25) is 5.91 Å². The van der Waals surface area contributed by atoms with Crippen molar-refractivity contribution >= 4 is 17.3 Å². The third-order valence-corrected chi connectivity index (χ3v) is 3.38. The first-order valence-electron chi connectivity index (χ1n) is 6.16. The standard InChI is InChI=1S/C13H17N3O/c14-10-1-4-12-9(7-10)8-13(17)16(12)6-5-15-11-2-3-11/h1,4,7,11,15H,2-3,5-6,8,14H2. The number of amides is 1. The van der Waals surface area contributed by atoms with Crippen molar-refractivity contribution in [1.29, 1.82) is 0 Å². The lowest BCUT2D eigenvalue weighted by atomic mass is 10.1. The third-order valence-electron chi connectivity index (χ3n) is 3.38. The van der Waals surface area contributed by atoms with Crippen molar-refractivity contribution in [1.82, 2.24) is 5.32 Å². The zero-order valence-corrected chi connectivity index (χ0v) is 9.78. The molecule has 1 aliphatic heterocycles. The number of nitrogens with zero attached hydrogens (tertiary/aromatic N) is 1. The van der Waals surface area contributed by atoms with Crippen LogP contribution in [-0.2, 0) is 11.2 Å². The zero-order chi connectivity index (χ0) is 11.8. The van der Waals surface area contributed by atoms with E-state index in [1.807, 2.05) is 23.1 Å². The Morgan fingerprint density at radius 1 is 1.41 bits per heavy atom. The van der Waals surface area contributed by atoms with Crippen molar-refractivity contribution in [2.75, 3.05) is 23.7 Å². The highest BCUT2D eigenvalue weighted by atomic mass is 16.2. The highest BCUT2D eigenvalue weighted by Gasteiger charge is 2.27. The molecule has 1 amide bonds. The van der Waals surface area contributed by atoms with E-state index in [-0.39, 0.29) is 5.91 Å². The van der Waals surface area contributed by atoms with Gasteiger partial charge in [-0.25, -0.2) is 0 Å². The van der Waals surface area contributed by atoms with Gasteiger partial charge in [-0.2, -0.15) is 0 Å². The Morgan fingerprint density at radius 3 is 3.00 bits per heavy atom. The number of nitrogens with two attached hydrogens (primary N) is 1. The molecular formula is C13H17N3O. The van der Waals surface area contributed by atoms with Gasteiger partial charge in [-0.05, 0) is 36.6 Å². The molecule has 0 bridgehead atoms. The maximum Gasteiger partial charge on any atom is 0.231 e. The van der Waals surface area contributed by atoms with E-state index in [4.69, 9.17) is 5.73 Å². The molecule has 17 heavy (non-hydrogen) atoms. The molecule has 1 aromatic carbocycles. The minimum atomic E-state index is 0.184. The van der Waals surface area contributed by atoms with Crippen LogP contribution < -0.4 is 16.0 Å². The highest BCUT2D eigenvalue weighted by molar-refractivity contribution is 6.01.